The lowest BCUT2D eigenvalue weighted by molar-refractivity contribution is 0.319. The zero-order chi connectivity index (χ0) is 14.7. The highest BCUT2D eigenvalue weighted by molar-refractivity contribution is 5.49. The van der Waals surface area contributed by atoms with Crippen LogP contribution < -0.4 is 5.32 Å². The summed E-state index contributed by atoms with van der Waals surface area (Å²) in [5, 5.41) is 3.69. The molecule has 1 aliphatic heterocycles. The predicted octanol–water partition coefficient (Wildman–Crippen LogP) is 3.32. The number of rotatable bonds is 4. The minimum atomic E-state index is 0.509. The third-order valence-electron chi connectivity index (χ3n) is 4.30. The SMILES string of the molecule is Cc1cnccc1NC1CN(Cc2ccccc2)CC1C. The van der Waals surface area contributed by atoms with E-state index in [1.54, 1.807) is 0 Å². The monoisotopic (exact) mass is 281 g/mol. The number of hydrogen-bond acceptors (Lipinski definition) is 3. The first-order valence-electron chi connectivity index (χ1n) is 7.66. The van der Waals surface area contributed by atoms with E-state index in [9.17, 15) is 0 Å². The van der Waals surface area contributed by atoms with E-state index in [0.29, 0.717) is 12.0 Å². The van der Waals surface area contributed by atoms with Crippen LogP contribution in [0.4, 0.5) is 5.69 Å². The molecule has 3 rings (SSSR count). The van der Waals surface area contributed by atoms with Gasteiger partial charge in [-0.25, -0.2) is 0 Å². The molecule has 1 aliphatic rings. The van der Waals surface area contributed by atoms with Gasteiger partial charge in [0.25, 0.3) is 0 Å². The van der Waals surface area contributed by atoms with Crippen molar-refractivity contribution in [3.8, 4) is 0 Å². The second kappa shape index (κ2) is 6.27. The van der Waals surface area contributed by atoms with E-state index in [4.69, 9.17) is 0 Å². The van der Waals surface area contributed by atoms with Crippen LogP contribution in [0.3, 0.4) is 0 Å². The van der Waals surface area contributed by atoms with E-state index in [2.05, 4.69) is 65.4 Å². The molecule has 2 atom stereocenters. The first-order chi connectivity index (χ1) is 10.2. The van der Waals surface area contributed by atoms with Gasteiger partial charge in [-0.05, 0) is 30.0 Å². The molecule has 0 bridgehead atoms. The number of hydrogen-bond donors (Lipinski definition) is 1. The van der Waals surface area contributed by atoms with Gasteiger partial charge in [-0.15, -0.1) is 0 Å². The van der Waals surface area contributed by atoms with Crippen LogP contribution in [-0.4, -0.2) is 29.0 Å². The van der Waals surface area contributed by atoms with Gasteiger partial charge in [0, 0.05) is 43.8 Å². The Kier molecular flexibility index (Phi) is 4.20. The van der Waals surface area contributed by atoms with Crippen LogP contribution in [-0.2, 0) is 6.54 Å². The Morgan fingerprint density at radius 2 is 2.00 bits per heavy atom. The summed E-state index contributed by atoms with van der Waals surface area (Å²) in [7, 11) is 0. The van der Waals surface area contributed by atoms with Crippen LogP contribution in [0.5, 0.6) is 0 Å². The number of aryl methyl sites for hydroxylation is 1. The van der Waals surface area contributed by atoms with E-state index in [1.165, 1.54) is 16.8 Å². The standard InChI is InChI=1S/C18H23N3/c1-14-10-19-9-8-17(14)20-18-13-21(11-15(18)2)12-16-6-4-3-5-7-16/h3-10,15,18H,11-13H2,1-2H3,(H,19,20). The summed E-state index contributed by atoms with van der Waals surface area (Å²) >= 11 is 0. The largest absolute Gasteiger partial charge is 0.380 e. The zero-order valence-electron chi connectivity index (χ0n) is 12.8. The number of nitrogens with zero attached hydrogens (tertiary/aromatic N) is 2. The Morgan fingerprint density at radius 3 is 2.76 bits per heavy atom. The van der Waals surface area contributed by atoms with Crippen LogP contribution in [0.2, 0.25) is 0 Å². The maximum atomic E-state index is 4.16. The highest BCUT2D eigenvalue weighted by Gasteiger charge is 2.29. The Balaban J connectivity index is 1.62. The minimum Gasteiger partial charge on any atom is -0.380 e. The van der Waals surface area contributed by atoms with E-state index in [1.807, 2.05) is 12.4 Å². The highest BCUT2D eigenvalue weighted by atomic mass is 15.2. The molecule has 2 unspecified atom stereocenters. The number of anilines is 1. The average molecular weight is 281 g/mol. The fourth-order valence-corrected chi connectivity index (χ4v) is 3.06. The van der Waals surface area contributed by atoms with Gasteiger partial charge < -0.3 is 5.32 Å². The number of pyridine rings is 1. The maximum absolute atomic E-state index is 4.16. The molecule has 0 saturated carbocycles. The van der Waals surface area contributed by atoms with Gasteiger partial charge in [0.05, 0.1) is 0 Å². The Morgan fingerprint density at radius 1 is 1.19 bits per heavy atom. The van der Waals surface area contributed by atoms with E-state index < -0.39 is 0 Å². The van der Waals surface area contributed by atoms with Crippen LogP contribution in [0.15, 0.2) is 48.8 Å². The number of aromatic nitrogens is 1. The van der Waals surface area contributed by atoms with E-state index in [0.717, 1.165) is 19.6 Å². The summed E-state index contributed by atoms with van der Waals surface area (Å²) in [6, 6.07) is 13.3. The van der Waals surface area contributed by atoms with Gasteiger partial charge in [-0.2, -0.15) is 0 Å². The molecule has 1 aromatic carbocycles. The number of nitrogens with one attached hydrogen (secondary N) is 1. The van der Waals surface area contributed by atoms with Crippen LogP contribution in [0, 0.1) is 12.8 Å². The molecule has 0 aliphatic carbocycles. The van der Waals surface area contributed by atoms with E-state index >= 15 is 0 Å². The molecule has 2 aromatic rings. The van der Waals surface area contributed by atoms with Crippen molar-refractivity contribution in [1.82, 2.24) is 9.88 Å². The lowest BCUT2D eigenvalue weighted by Crippen LogP contribution is -2.28. The predicted molar refractivity (Wildman–Crippen MR) is 87.3 cm³/mol. The summed E-state index contributed by atoms with van der Waals surface area (Å²) in [6.45, 7) is 7.73. The Labute approximate surface area is 127 Å². The number of likely N-dealkylation sites (tertiary alicyclic amines) is 1. The van der Waals surface area contributed by atoms with Crippen LogP contribution in [0.1, 0.15) is 18.1 Å². The molecule has 3 nitrogen and oxygen atoms in total. The van der Waals surface area contributed by atoms with Gasteiger partial charge in [0.15, 0.2) is 0 Å². The van der Waals surface area contributed by atoms with Crippen LogP contribution in [0.25, 0.3) is 0 Å². The van der Waals surface area contributed by atoms with E-state index in [-0.39, 0.29) is 0 Å². The highest BCUT2D eigenvalue weighted by Crippen LogP contribution is 2.23. The van der Waals surface area contributed by atoms with Crippen molar-refractivity contribution in [2.45, 2.75) is 26.4 Å². The second-order valence-corrected chi connectivity index (χ2v) is 6.10. The molecule has 1 N–H and O–H groups in total. The Hall–Kier alpha value is -1.87. The topological polar surface area (TPSA) is 28.2 Å². The van der Waals surface area contributed by atoms with Crippen molar-refractivity contribution >= 4 is 5.69 Å². The minimum absolute atomic E-state index is 0.509. The van der Waals surface area contributed by atoms with Gasteiger partial charge in [-0.1, -0.05) is 37.3 Å². The molecule has 21 heavy (non-hydrogen) atoms. The molecule has 0 amide bonds. The molecule has 0 radical (unpaired) electrons. The van der Waals surface area contributed by atoms with Gasteiger partial charge >= 0.3 is 0 Å². The lowest BCUT2D eigenvalue weighted by atomic mass is 10.1. The molecule has 1 fully saturated rings. The van der Waals surface area contributed by atoms with Crippen molar-refractivity contribution in [2.75, 3.05) is 18.4 Å². The molecule has 1 aromatic heterocycles. The number of benzene rings is 1. The first kappa shape index (κ1) is 14.1. The summed E-state index contributed by atoms with van der Waals surface area (Å²) in [5.74, 6) is 0.654. The molecule has 2 heterocycles. The smallest absolute Gasteiger partial charge is 0.0426 e. The third kappa shape index (κ3) is 3.42. The molecule has 1 saturated heterocycles. The fraction of sp³-hybridized carbons (Fsp3) is 0.389. The zero-order valence-corrected chi connectivity index (χ0v) is 12.8. The summed E-state index contributed by atoms with van der Waals surface area (Å²) < 4.78 is 0. The first-order valence-corrected chi connectivity index (χ1v) is 7.66. The van der Waals surface area contributed by atoms with Gasteiger partial charge in [0.1, 0.15) is 0 Å². The van der Waals surface area contributed by atoms with Crippen molar-refractivity contribution < 1.29 is 0 Å². The molecule has 110 valence electrons. The second-order valence-electron chi connectivity index (χ2n) is 6.10. The molecular formula is C18H23N3. The quantitative estimate of drug-likeness (QED) is 0.932. The third-order valence-corrected chi connectivity index (χ3v) is 4.30. The maximum Gasteiger partial charge on any atom is 0.0426 e. The van der Waals surface area contributed by atoms with Crippen LogP contribution >= 0.6 is 0 Å². The average Bonchev–Trinajstić information content (AvgIpc) is 2.82. The van der Waals surface area contributed by atoms with Crippen molar-refractivity contribution in [1.29, 1.82) is 0 Å². The summed E-state index contributed by atoms with van der Waals surface area (Å²) in [4.78, 5) is 6.69. The lowest BCUT2D eigenvalue weighted by Gasteiger charge is -2.19. The summed E-state index contributed by atoms with van der Waals surface area (Å²) in [6.07, 6.45) is 3.78. The molecule has 0 spiro atoms. The van der Waals surface area contributed by atoms with Gasteiger partial charge in [-0.3, -0.25) is 9.88 Å². The fourth-order valence-electron chi connectivity index (χ4n) is 3.06. The Bertz CT molecular complexity index is 582. The normalized spacial score (nSPS) is 22.4. The van der Waals surface area contributed by atoms with Gasteiger partial charge in [0.2, 0.25) is 0 Å². The summed E-state index contributed by atoms with van der Waals surface area (Å²) in [5.41, 5.74) is 3.82. The van der Waals surface area contributed by atoms with Crippen molar-refractivity contribution in [2.24, 2.45) is 5.92 Å². The van der Waals surface area contributed by atoms with Crippen molar-refractivity contribution in [3.05, 3.63) is 59.9 Å². The van der Waals surface area contributed by atoms with Crippen molar-refractivity contribution in [3.63, 3.8) is 0 Å². The molecular weight excluding hydrogens is 258 g/mol. The molecule has 3 heteroatoms.